The van der Waals surface area contributed by atoms with Crippen LogP contribution in [0, 0.1) is 19.7 Å². The van der Waals surface area contributed by atoms with Crippen LogP contribution in [0.15, 0.2) is 42.5 Å². The normalized spacial score (nSPS) is 11.5. The Labute approximate surface area is 156 Å². The van der Waals surface area contributed by atoms with Gasteiger partial charge >= 0.3 is 5.97 Å². The molecule has 7 heteroatoms. The van der Waals surface area contributed by atoms with Gasteiger partial charge in [0.05, 0.1) is 13.0 Å². The first-order valence-electron chi connectivity index (χ1n) is 8.36. The van der Waals surface area contributed by atoms with Crippen molar-refractivity contribution in [3.8, 4) is 0 Å². The van der Waals surface area contributed by atoms with Gasteiger partial charge in [0.1, 0.15) is 5.82 Å². The van der Waals surface area contributed by atoms with E-state index in [1.807, 2.05) is 13.8 Å². The minimum atomic E-state index is -1.21. The fraction of sp³-hybridized carbons (Fsp3) is 0.250. The monoisotopic (exact) mass is 372 g/mol. The van der Waals surface area contributed by atoms with Gasteiger partial charge in [0, 0.05) is 0 Å². The number of aryl methyl sites for hydroxylation is 2. The first-order chi connectivity index (χ1) is 12.8. The number of benzene rings is 2. The van der Waals surface area contributed by atoms with E-state index in [2.05, 4.69) is 10.6 Å². The summed E-state index contributed by atoms with van der Waals surface area (Å²) in [5.74, 6) is -2.74. The zero-order valence-electron chi connectivity index (χ0n) is 15.1. The number of amides is 2. The summed E-state index contributed by atoms with van der Waals surface area (Å²) in [5.41, 5.74) is 2.85. The van der Waals surface area contributed by atoms with Crippen LogP contribution in [0.4, 0.5) is 4.39 Å². The summed E-state index contributed by atoms with van der Waals surface area (Å²) in [6.07, 6.45) is -0.0788. The van der Waals surface area contributed by atoms with E-state index < -0.39 is 29.6 Å². The second-order valence-electron chi connectivity index (χ2n) is 6.27. The smallest absolute Gasteiger partial charge is 0.330 e. The Morgan fingerprint density at radius 1 is 1.04 bits per heavy atom. The quantitative estimate of drug-likeness (QED) is 0.693. The molecule has 0 fully saturated rings. The number of hydrogen-bond donors (Lipinski definition) is 3. The SMILES string of the molecule is Cc1ccc(C(NC(=O)CNC(=O)Cc2cccc(F)c2)C(=O)O)cc1C. The summed E-state index contributed by atoms with van der Waals surface area (Å²) >= 11 is 0. The predicted molar refractivity (Wildman–Crippen MR) is 97.5 cm³/mol. The van der Waals surface area contributed by atoms with Crippen molar-refractivity contribution in [2.24, 2.45) is 0 Å². The van der Waals surface area contributed by atoms with Crippen LogP contribution >= 0.6 is 0 Å². The van der Waals surface area contributed by atoms with Crippen LogP contribution in [0.2, 0.25) is 0 Å². The molecule has 0 heterocycles. The first kappa shape index (κ1) is 20.1. The average Bonchev–Trinajstić information content (AvgIpc) is 2.60. The van der Waals surface area contributed by atoms with Crippen molar-refractivity contribution in [2.45, 2.75) is 26.3 Å². The van der Waals surface area contributed by atoms with E-state index in [9.17, 15) is 23.9 Å². The highest BCUT2D eigenvalue weighted by atomic mass is 19.1. The van der Waals surface area contributed by atoms with Crippen molar-refractivity contribution in [3.05, 3.63) is 70.5 Å². The maximum absolute atomic E-state index is 13.1. The van der Waals surface area contributed by atoms with Crippen molar-refractivity contribution in [1.29, 1.82) is 0 Å². The van der Waals surface area contributed by atoms with Crippen LogP contribution in [-0.4, -0.2) is 29.4 Å². The average molecular weight is 372 g/mol. The molecule has 142 valence electrons. The van der Waals surface area contributed by atoms with E-state index in [1.165, 1.54) is 18.2 Å². The van der Waals surface area contributed by atoms with Gasteiger partial charge in [0.25, 0.3) is 0 Å². The molecule has 0 saturated heterocycles. The molecule has 0 bridgehead atoms. The number of carboxylic acids is 1. The molecule has 3 N–H and O–H groups in total. The van der Waals surface area contributed by atoms with Gasteiger partial charge in [0.2, 0.25) is 11.8 Å². The lowest BCUT2D eigenvalue weighted by Crippen LogP contribution is -2.41. The summed E-state index contributed by atoms with van der Waals surface area (Å²) in [6.45, 7) is 3.39. The van der Waals surface area contributed by atoms with Gasteiger partial charge in [-0.05, 0) is 48.2 Å². The van der Waals surface area contributed by atoms with E-state index in [0.717, 1.165) is 11.1 Å². The highest BCUT2D eigenvalue weighted by molar-refractivity contribution is 5.88. The van der Waals surface area contributed by atoms with Crippen LogP contribution in [0.5, 0.6) is 0 Å². The lowest BCUT2D eigenvalue weighted by Gasteiger charge is -2.16. The second kappa shape index (κ2) is 8.93. The molecule has 0 aliphatic rings. The number of halogens is 1. The van der Waals surface area contributed by atoms with Crippen molar-refractivity contribution < 1.29 is 23.9 Å². The van der Waals surface area contributed by atoms with Crippen LogP contribution in [0.3, 0.4) is 0 Å². The largest absolute Gasteiger partial charge is 0.479 e. The third kappa shape index (κ3) is 5.91. The lowest BCUT2D eigenvalue weighted by molar-refractivity contribution is -0.141. The molecule has 0 radical (unpaired) electrons. The highest BCUT2D eigenvalue weighted by Crippen LogP contribution is 2.17. The van der Waals surface area contributed by atoms with Crippen molar-refractivity contribution in [3.63, 3.8) is 0 Å². The zero-order valence-corrected chi connectivity index (χ0v) is 15.1. The van der Waals surface area contributed by atoms with E-state index in [-0.39, 0.29) is 13.0 Å². The Bertz CT molecular complexity index is 867. The third-order valence-corrected chi connectivity index (χ3v) is 4.12. The summed E-state index contributed by atoms with van der Waals surface area (Å²) in [6, 6.07) is 9.52. The van der Waals surface area contributed by atoms with Crippen LogP contribution in [0.25, 0.3) is 0 Å². The van der Waals surface area contributed by atoms with Crippen LogP contribution in [0.1, 0.15) is 28.3 Å². The number of carboxylic acid groups (broad SMARTS) is 1. The number of hydrogen-bond acceptors (Lipinski definition) is 3. The molecule has 27 heavy (non-hydrogen) atoms. The molecule has 0 saturated carbocycles. The lowest BCUT2D eigenvalue weighted by atomic mass is 10.0. The van der Waals surface area contributed by atoms with E-state index in [0.29, 0.717) is 11.1 Å². The molecule has 0 spiro atoms. The summed E-state index contributed by atoms with van der Waals surface area (Å²) < 4.78 is 13.1. The molecule has 6 nitrogen and oxygen atoms in total. The molecular formula is C20H21FN2O4. The highest BCUT2D eigenvalue weighted by Gasteiger charge is 2.22. The Morgan fingerprint density at radius 2 is 1.78 bits per heavy atom. The van der Waals surface area contributed by atoms with Gasteiger partial charge in [-0.1, -0.05) is 30.3 Å². The third-order valence-electron chi connectivity index (χ3n) is 4.12. The molecule has 2 aromatic rings. The predicted octanol–water partition coefficient (Wildman–Crippen LogP) is 2.04. The summed E-state index contributed by atoms with van der Waals surface area (Å²) in [4.78, 5) is 35.4. The van der Waals surface area contributed by atoms with Crippen LogP contribution < -0.4 is 10.6 Å². The van der Waals surface area contributed by atoms with Crippen molar-refractivity contribution in [1.82, 2.24) is 10.6 Å². The van der Waals surface area contributed by atoms with E-state index in [4.69, 9.17) is 0 Å². The first-order valence-corrected chi connectivity index (χ1v) is 8.36. The van der Waals surface area contributed by atoms with Crippen LogP contribution in [-0.2, 0) is 20.8 Å². The molecule has 0 aliphatic heterocycles. The maximum atomic E-state index is 13.1. The Kier molecular flexibility index (Phi) is 6.65. The summed E-state index contributed by atoms with van der Waals surface area (Å²) in [7, 11) is 0. The van der Waals surface area contributed by atoms with Gasteiger partial charge in [-0.25, -0.2) is 9.18 Å². The van der Waals surface area contributed by atoms with Crippen molar-refractivity contribution in [2.75, 3.05) is 6.54 Å². The molecule has 2 amide bonds. The molecule has 2 rings (SSSR count). The Morgan fingerprint density at radius 3 is 2.41 bits per heavy atom. The number of carbonyl (C=O) groups excluding carboxylic acids is 2. The number of carbonyl (C=O) groups is 3. The number of rotatable bonds is 7. The fourth-order valence-corrected chi connectivity index (χ4v) is 2.52. The Hall–Kier alpha value is -3.22. The van der Waals surface area contributed by atoms with Gasteiger partial charge in [-0.2, -0.15) is 0 Å². The standard InChI is InChI=1S/C20H21FN2O4/c1-12-6-7-15(8-13(12)2)19(20(26)27)23-18(25)11-22-17(24)10-14-4-3-5-16(21)9-14/h3-9,19H,10-11H2,1-2H3,(H,22,24)(H,23,25)(H,26,27). The van der Waals surface area contributed by atoms with Gasteiger partial charge in [-0.15, -0.1) is 0 Å². The zero-order chi connectivity index (χ0) is 20.0. The molecule has 1 unspecified atom stereocenters. The second-order valence-corrected chi connectivity index (χ2v) is 6.27. The maximum Gasteiger partial charge on any atom is 0.330 e. The molecular weight excluding hydrogens is 351 g/mol. The number of aliphatic carboxylic acids is 1. The minimum absolute atomic E-state index is 0.0788. The minimum Gasteiger partial charge on any atom is -0.479 e. The van der Waals surface area contributed by atoms with E-state index >= 15 is 0 Å². The fourth-order valence-electron chi connectivity index (χ4n) is 2.52. The summed E-state index contributed by atoms with van der Waals surface area (Å²) in [5, 5.41) is 14.2. The van der Waals surface area contributed by atoms with Crippen molar-refractivity contribution >= 4 is 17.8 Å². The number of nitrogens with one attached hydrogen (secondary N) is 2. The molecule has 0 aromatic heterocycles. The topological polar surface area (TPSA) is 95.5 Å². The van der Waals surface area contributed by atoms with Gasteiger partial charge in [-0.3, -0.25) is 9.59 Å². The van der Waals surface area contributed by atoms with Gasteiger partial charge in [0.15, 0.2) is 6.04 Å². The molecule has 0 aliphatic carbocycles. The van der Waals surface area contributed by atoms with Gasteiger partial charge < -0.3 is 15.7 Å². The Balaban J connectivity index is 1.93. The molecule has 2 aromatic carbocycles. The molecule has 1 atom stereocenters. The van der Waals surface area contributed by atoms with E-state index in [1.54, 1.807) is 24.3 Å².